The summed E-state index contributed by atoms with van der Waals surface area (Å²) in [6.07, 6.45) is 0.494. The van der Waals surface area contributed by atoms with Crippen LogP contribution in [0.1, 0.15) is 23.1 Å². The largest absolute Gasteiger partial charge is 0.489 e. The Bertz CT molecular complexity index is 651. The molecule has 0 unspecified atom stereocenters. The van der Waals surface area contributed by atoms with Crippen LogP contribution in [-0.2, 0) is 6.61 Å². The maximum atomic E-state index is 8.71. The van der Waals surface area contributed by atoms with E-state index in [4.69, 9.17) is 21.4 Å². The van der Waals surface area contributed by atoms with Gasteiger partial charge in [0.25, 0.3) is 0 Å². The van der Waals surface area contributed by atoms with Gasteiger partial charge in [-0.2, -0.15) is 0 Å². The molecule has 0 aliphatic rings. The fourth-order valence-electron chi connectivity index (χ4n) is 1.85. The van der Waals surface area contributed by atoms with E-state index in [0.29, 0.717) is 13.0 Å². The zero-order valence-electron chi connectivity index (χ0n) is 11.9. The number of hydrogen-bond acceptors (Lipinski definition) is 2. The van der Waals surface area contributed by atoms with Crippen LogP contribution in [0.15, 0.2) is 42.5 Å². The first-order valence-electron chi connectivity index (χ1n) is 6.76. The molecule has 0 aliphatic heterocycles. The maximum absolute atomic E-state index is 8.71. The molecule has 0 radical (unpaired) electrons. The second-order valence-corrected chi connectivity index (χ2v) is 5.11. The second-order valence-electron chi connectivity index (χ2n) is 4.67. The smallest absolute Gasteiger partial charge is 0.122 e. The van der Waals surface area contributed by atoms with E-state index in [1.165, 1.54) is 0 Å². The van der Waals surface area contributed by atoms with Crippen molar-refractivity contribution in [2.45, 2.75) is 20.0 Å². The van der Waals surface area contributed by atoms with Crippen molar-refractivity contribution in [2.75, 3.05) is 6.61 Å². The van der Waals surface area contributed by atoms with Gasteiger partial charge in [0.1, 0.15) is 12.4 Å². The van der Waals surface area contributed by atoms with Gasteiger partial charge in [0.05, 0.1) is 6.61 Å². The summed E-state index contributed by atoms with van der Waals surface area (Å²) < 4.78 is 5.81. The van der Waals surface area contributed by atoms with Crippen molar-refractivity contribution in [1.82, 2.24) is 0 Å². The molecule has 0 heterocycles. The number of ether oxygens (including phenoxy) is 1. The topological polar surface area (TPSA) is 29.5 Å². The fourth-order valence-corrected chi connectivity index (χ4v) is 1.98. The molecule has 2 rings (SSSR count). The van der Waals surface area contributed by atoms with E-state index in [9.17, 15) is 0 Å². The Hall–Kier alpha value is -1.95. The summed E-state index contributed by atoms with van der Waals surface area (Å²) >= 11 is 5.85. The Morgan fingerprint density at radius 1 is 1.14 bits per heavy atom. The molecule has 3 heteroatoms. The van der Waals surface area contributed by atoms with Gasteiger partial charge in [0.15, 0.2) is 0 Å². The zero-order chi connectivity index (χ0) is 15.1. The lowest BCUT2D eigenvalue weighted by Gasteiger charge is -2.09. The Morgan fingerprint density at radius 2 is 1.90 bits per heavy atom. The Kier molecular flexibility index (Phi) is 5.68. The van der Waals surface area contributed by atoms with Gasteiger partial charge in [-0.3, -0.25) is 0 Å². The van der Waals surface area contributed by atoms with Crippen LogP contribution >= 0.6 is 11.6 Å². The average molecular weight is 301 g/mol. The van der Waals surface area contributed by atoms with Crippen LogP contribution in [0.3, 0.4) is 0 Å². The Balaban J connectivity index is 2.01. The van der Waals surface area contributed by atoms with Crippen LogP contribution in [0.25, 0.3) is 0 Å². The number of hydrogen-bond donors (Lipinski definition) is 1. The summed E-state index contributed by atoms with van der Waals surface area (Å²) in [5, 5.41) is 9.43. The molecule has 0 aliphatic carbocycles. The molecule has 2 nitrogen and oxygen atoms in total. The lowest BCUT2D eigenvalue weighted by Crippen LogP contribution is -1.97. The van der Waals surface area contributed by atoms with E-state index in [-0.39, 0.29) is 6.61 Å². The first-order valence-corrected chi connectivity index (χ1v) is 7.14. The molecule has 0 spiro atoms. The van der Waals surface area contributed by atoms with E-state index in [2.05, 4.69) is 11.8 Å². The van der Waals surface area contributed by atoms with Crippen molar-refractivity contribution in [2.24, 2.45) is 0 Å². The average Bonchev–Trinajstić information content (AvgIpc) is 2.48. The molecule has 0 amide bonds. The van der Waals surface area contributed by atoms with Crippen LogP contribution in [-0.4, -0.2) is 11.7 Å². The molecule has 108 valence electrons. The number of aliphatic hydroxyl groups is 1. The van der Waals surface area contributed by atoms with E-state index in [1.54, 1.807) is 0 Å². The van der Waals surface area contributed by atoms with Crippen LogP contribution in [0.5, 0.6) is 5.75 Å². The molecule has 0 fully saturated rings. The van der Waals surface area contributed by atoms with Crippen LogP contribution in [0.2, 0.25) is 5.02 Å². The molecular weight excluding hydrogens is 284 g/mol. The highest BCUT2D eigenvalue weighted by Gasteiger charge is 2.01. The third-order valence-corrected chi connectivity index (χ3v) is 3.20. The molecule has 0 saturated carbocycles. The summed E-state index contributed by atoms with van der Waals surface area (Å²) in [6, 6.07) is 13.4. The highest BCUT2D eigenvalue weighted by molar-refractivity contribution is 6.30. The molecule has 21 heavy (non-hydrogen) atoms. The molecule has 0 atom stereocenters. The van der Waals surface area contributed by atoms with Gasteiger partial charge in [-0.1, -0.05) is 35.6 Å². The van der Waals surface area contributed by atoms with Gasteiger partial charge in [0, 0.05) is 17.0 Å². The van der Waals surface area contributed by atoms with Gasteiger partial charge >= 0.3 is 0 Å². The van der Waals surface area contributed by atoms with Gasteiger partial charge in [-0.15, -0.1) is 0 Å². The minimum absolute atomic E-state index is 0.0915. The fraction of sp³-hybridized carbons (Fsp3) is 0.222. The van der Waals surface area contributed by atoms with E-state index in [1.807, 2.05) is 49.4 Å². The molecule has 0 aromatic heterocycles. The van der Waals surface area contributed by atoms with Crippen molar-refractivity contribution in [3.8, 4) is 17.6 Å². The maximum Gasteiger partial charge on any atom is 0.122 e. The molecule has 1 N–H and O–H groups in total. The Labute approximate surface area is 130 Å². The first kappa shape index (κ1) is 15.4. The minimum atomic E-state index is 0.0915. The first-order chi connectivity index (χ1) is 10.2. The highest BCUT2D eigenvalue weighted by Crippen LogP contribution is 2.20. The normalized spacial score (nSPS) is 9.86. The molecule has 2 aromatic rings. The summed E-state index contributed by atoms with van der Waals surface area (Å²) in [7, 11) is 0. The number of aryl methyl sites for hydroxylation is 1. The van der Waals surface area contributed by atoms with Crippen molar-refractivity contribution in [1.29, 1.82) is 0 Å². The summed E-state index contributed by atoms with van der Waals surface area (Å²) in [6.45, 7) is 2.59. The predicted molar refractivity (Wildman–Crippen MR) is 85.5 cm³/mol. The van der Waals surface area contributed by atoms with Gasteiger partial charge < -0.3 is 9.84 Å². The van der Waals surface area contributed by atoms with Gasteiger partial charge in [-0.05, 0) is 48.4 Å². The van der Waals surface area contributed by atoms with Gasteiger partial charge in [0.2, 0.25) is 0 Å². The third-order valence-electron chi connectivity index (χ3n) is 2.95. The monoisotopic (exact) mass is 300 g/mol. The van der Waals surface area contributed by atoms with Crippen molar-refractivity contribution < 1.29 is 9.84 Å². The lowest BCUT2D eigenvalue weighted by atomic mass is 10.1. The quantitative estimate of drug-likeness (QED) is 0.866. The van der Waals surface area contributed by atoms with E-state index in [0.717, 1.165) is 27.5 Å². The molecule has 2 aromatic carbocycles. The number of halogens is 1. The van der Waals surface area contributed by atoms with Crippen molar-refractivity contribution >= 4 is 11.6 Å². The zero-order valence-corrected chi connectivity index (χ0v) is 12.7. The van der Waals surface area contributed by atoms with Crippen LogP contribution in [0, 0.1) is 18.8 Å². The number of rotatable bonds is 4. The summed E-state index contributed by atoms with van der Waals surface area (Å²) in [5.41, 5.74) is 3.05. The predicted octanol–water partition coefficient (Wildman–Crippen LogP) is 3.96. The minimum Gasteiger partial charge on any atom is -0.489 e. The SMILES string of the molecule is Cc1cc(C#CCCO)ccc1OCc1ccc(Cl)cc1. The third kappa shape index (κ3) is 4.82. The lowest BCUT2D eigenvalue weighted by molar-refractivity contribution is 0.304. The molecular formula is C18H17ClO2. The highest BCUT2D eigenvalue weighted by atomic mass is 35.5. The van der Waals surface area contributed by atoms with Gasteiger partial charge in [-0.25, -0.2) is 0 Å². The van der Waals surface area contributed by atoms with E-state index >= 15 is 0 Å². The van der Waals surface area contributed by atoms with Crippen LogP contribution in [0.4, 0.5) is 0 Å². The number of benzene rings is 2. The van der Waals surface area contributed by atoms with Crippen molar-refractivity contribution in [3.05, 3.63) is 64.2 Å². The van der Waals surface area contributed by atoms with Crippen molar-refractivity contribution in [3.63, 3.8) is 0 Å². The molecule has 0 saturated heterocycles. The van der Waals surface area contributed by atoms with E-state index < -0.39 is 0 Å². The molecule has 0 bridgehead atoms. The standard InChI is InChI=1S/C18H17ClO2/c1-14-12-15(4-2-3-11-20)7-10-18(14)21-13-16-5-8-17(19)9-6-16/h5-10,12,20H,3,11,13H2,1H3. The second kappa shape index (κ2) is 7.73. The van der Waals surface area contributed by atoms with Crippen LogP contribution < -0.4 is 4.74 Å². The number of aliphatic hydroxyl groups excluding tert-OH is 1. The Morgan fingerprint density at radius 3 is 2.57 bits per heavy atom. The summed E-state index contributed by atoms with van der Waals surface area (Å²) in [5.74, 6) is 6.77. The summed E-state index contributed by atoms with van der Waals surface area (Å²) in [4.78, 5) is 0.